The van der Waals surface area contributed by atoms with Crippen molar-refractivity contribution in [2.24, 2.45) is 0 Å². The van der Waals surface area contributed by atoms with Gasteiger partial charge in [0.2, 0.25) is 0 Å². The molecule has 1 aromatic carbocycles. The van der Waals surface area contributed by atoms with Gasteiger partial charge in [-0.15, -0.1) is 0 Å². The molecule has 0 saturated carbocycles. The predicted molar refractivity (Wildman–Crippen MR) is 52.8 cm³/mol. The zero-order chi connectivity index (χ0) is 10.1. The SMILES string of the molecule is Nc1ccnc2cc([N+](=O)[O-])ccc12. The van der Waals surface area contributed by atoms with Crippen LogP contribution >= 0.6 is 0 Å². The molecule has 2 rings (SSSR count). The molecule has 0 saturated heterocycles. The van der Waals surface area contributed by atoms with Crippen LogP contribution in [0.4, 0.5) is 11.4 Å². The number of nitrogens with two attached hydrogens (primary N) is 1. The van der Waals surface area contributed by atoms with Gasteiger partial charge >= 0.3 is 0 Å². The number of hydrogen-bond donors (Lipinski definition) is 1. The summed E-state index contributed by atoms with van der Waals surface area (Å²) in [4.78, 5) is 14.0. The number of anilines is 1. The summed E-state index contributed by atoms with van der Waals surface area (Å²) in [6.07, 6.45) is 1.53. The number of nitrogen functional groups attached to an aromatic ring is 1. The van der Waals surface area contributed by atoms with Crippen LogP contribution in [0.25, 0.3) is 10.9 Å². The Labute approximate surface area is 79.3 Å². The third-order valence-electron chi connectivity index (χ3n) is 1.97. The normalized spacial score (nSPS) is 10.3. The van der Waals surface area contributed by atoms with Crippen molar-refractivity contribution in [2.45, 2.75) is 0 Å². The molecule has 0 unspecified atom stereocenters. The number of non-ortho nitro benzene ring substituents is 1. The molecule has 0 bridgehead atoms. The Kier molecular flexibility index (Phi) is 1.78. The van der Waals surface area contributed by atoms with Gasteiger partial charge in [-0.1, -0.05) is 0 Å². The molecular weight excluding hydrogens is 182 g/mol. The maximum absolute atomic E-state index is 10.5. The van der Waals surface area contributed by atoms with Crippen molar-refractivity contribution in [3.63, 3.8) is 0 Å². The molecule has 0 aliphatic rings. The van der Waals surface area contributed by atoms with E-state index in [0.29, 0.717) is 11.2 Å². The number of aromatic nitrogens is 1. The number of nitro benzene ring substituents is 1. The Morgan fingerprint density at radius 2 is 2.14 bits per heavy atom. The number of nitrogens with zero attached hydrogens (tertiary/aromatic N) is 2. The van der Waals surface area contributed by atoms with Gasteiger partial charge in [0.15, 0.2) is 0 Å². The second kappa shape index (κ2) is 2.95. The molecule has 0 atom stereocenters. The standard InChI is InChI=1S/C9H7N3O2/c10-8-3-4-11-9-5-6(12(13)14)1-2-7(8)9/h1-5H,(H2,10,11). The summed E-state index contributed by atoms with van der Waals surface area (Å²) in [6, 6.07) is 6.09. The first-order chi connectivity index (χ1) is 6.68. The number of hydrogen-bond acceptors (Lipinski definition) is 4. The summed E-state index contributed by atoms with van der Waals surface area (Å²) in [5.41, 5.74) is 6.81. The molecule has 5 heteroatoms. The van der Waals surface area contributed by atoms with E-state index in [1.165, 1.54) is 18.3 Å². The third kappa shape index (κ3) is 1.24. The van der Waals surface area contributed by atoms with Crippen molar-refractivity contribution in [1.29, 1.82) is 0 Å². The van der Waals surface area contributed by atoms with E-state index in [9.17, 15) is 10.1 Å². The van der Waals surface area contributed by atoms with Crippen LogP contribution < -0.4 is 5.73 Å². The van der Waals surface area contributed by atoms with E-state index in [4.69, 9.17) is 5.73 Å². The molecule has 2 N–H and O–H groups in total. The van der Waals surface area contributed by atoms with E-state index < -0.39 is 4.92 Å². The fraction of sp³-hybridized carbons (Fsp3) is 0. The Bertz CT molecular complexity index is 510. The number of nitro groups is 1. The van der Waals surface area contributed by atoms with Gasteiger partial charge < -0.3 is 5.73 Å². The summed E-state index contributed by atoms with van der Waals surface area (Å²) in [6.45, 7) is 0. The molecule has 0 aliphatic heterocycles. The summed E-state index contributed by atoms with van der Waals surface area (Å²) in [5.74, 6) is 0. The molecule has 2 aromatic rings. The lowest BCUT2D eigenvalue weighted by molar-refractivity contribution is -0.384. The molecule has 1 heterocycles. The quantitative estimate of drug-likeness (QED) is 0.547. The van der Waals surface area contributed by atoms with E-state index in [2.05, 4.69) is 4.98 Å². The van der Waals surface area contributed by atoms with Crippen molar-refractivity contribution in [3.8, 4) is 0 Å². The van der Waals surface area contributed by atoms with E-state index in [-0.39, 0.29) is 5.69 Å². The molecule has 70 valence electrons. The van der Waals surface area contributed by atoms with Crippen molar-refractivity contribution in [1.82, 2.24) is 4.98 Å². The molecule has 5 nitrogen and oxygen atoms in total. The van der Waals surface area contributed by atoms with Crippen LogP contribution in [0.2, 0.25) is 0 Å². The summed E-state index contributed by atoms with van der Waals surface area (Å²) < 4.78 is 0. The van der Waals surface area contributed by atoms with Crippen LogP contribution in [0.15, 0.2) is 30.5 Å². The van der Waals surface area contributed by atoms with Crippen molar-refractivity contribution >= 4 is 22.3 Å². The minimum atomic E-state index is -0.454. The molecule has 0 aliphatic carbocycles. The zero-order valence-corrected chi connectivity index (χ0v) is 7.18. The van der Waals surface area contributed by atoms with E-state index in [1.54, 1.807) is 12.1 Å². The van der Waals surface area contributed by atoms with Crippen LogP contribution in [-0.2, 0) is 0 Å². The fourth-order valence-electron chi connectivity index (χ4n) is 1.27. The van der Waals surface area contributed by atoms with Gasteiger partial charge in [0.25, 0.3) is 5.69 Å². The van der Waals surface area contributed by atoms with Gasteiger partial charge in [-0.3, -0.25) is 15.1 Å². The molecule has 0 radical (unpaired) electrons. The highest BCUT2D eigenvalue weighted by Gasteiger charge is 2.07. The van der Waals surface area contributed by atoms with Gasteiger partial charge in [-0.25, -0.2) is 0 Å². The second-order valence-electron chi connectivity index (χ2n) is 2.86. The third-order valence-corrected chi connectivity index (χ3v) is 1.97. The number of rotatable bonds is 1. The maximum atomic E-state index is 10.5. The minimum absolute atomic E-state index is 0.0237. The van der Waals surface area contributed by atoms with E-state index in [1.807, 2.05) is 0 Å². The van der Waals surface area contributed by atoms with Crippen LogP contribution in [0, 0.1) is 10.1 Å². The summed E-state index contributed by atoms with van der Waals surface area (Å²) in [5, 5.41) is 11.2. The predicted octanol–water partition coefficient (Wildman–Crippen LogP) is 1.73. The van der Waals surface area contributed by atoms with E-state index >= 15 is 0 Å². The van der Waals surface area contributed by atoms with E-state index in [0.717, 1.165) is 5.39 Å². The van der Waals surface area contributed by atoms with Gasteiger partial charge in [0.1, 0.15) is 0 Å². The molecule has 0 amide bonds. The first-order valence-electron chi connectivity index (χ1n) is 3.97. The fourth-order valence-corrected chi connectivity index (χ4v) is 1.27. The highest BCUT2D eigenvalue weighted by Crippen LogP contribution is 2.22. The van der Waals surface area contributed by atoms with Gasteiger partial charge in [0, 0.05) is 29.4 Å². The molecular formula is C9H7N3O2. The molecule has 1 aromatic heterocycles. The topological polar surface area (TPSA) is 82.0 Å². The van der Waals surface area contributed by atoms with Gasteiger partial charge in [-0.2, -0.15) is 0 Å². The monoisotopic (exact) mass is 189 g/mol. The number of fused-ring (bicyclic) bond motifs is 1. The Morgan fingerprint density at radius 3 is 2.86 bits per heavy atom. The zero-order valence-electron chi connectivity index (χ0n) is 7.18. The van der Waals surface area contributed by atoms with Crippen LogP contribution in [0.5, 0.6) is 0 Å². The summed E-state index contributed by atoms with van der Waals surface area (Å²) in [7, 11) is 0. The van der Waals surface area contributed by atoms with Gasteiger partial charge in [0.05, 0.1) is 10.4 Å². The van der Waals surface area contributed by atoms with Gasteiger partial charge in [-0.05, 0) is 12.1 Å². The largest absolute Gasteiger partial charge is 0.398 e. The minimum Gasteiger partial charge on any atom is -0.398 e. The lowest BCUT2D eigenvalue weighted by Gasteiger charge is -1.99. The van der Waals surface area contributed by atoms with Crippen molar-refractivity contribution in [2.75, 3.05) is 5.73 Å². The number of pyridine rings is 1. The maximum Gasteiger partial charge on any atom is 0.271 e. The van der Waals surface area contributed by atoms with Crippen LogP contribution in [0.1, 0.15) is 0 Å². The molecule has 14 heavy (non-hydrogen) atoms. The average molecular weight is 189 g/mol. The smallest absolute Gasteiger partial charge is 0.271 e. The van der Waals surface area contributed by atoms with Crippen molar-refractivity contribution < 1.29 is 4.92 Å². The van der Waals surface area contributed by atoms with Crippen LogP contribution in [-0.4, -0.2) is 9.91 Å². The second-order valence-corrected chi connectivity index (χ2v) is 2.86. The van der Waals surface area contributed by atoms with Crippen LogP contribution in [0.3, 0.4) is 0 Å². The van der Waals surface area contributed by atoms with Crippen molar-refractivity contribution in [3.05, 3.63) is 40.6 Å². The molecule has 0 fully saturated rings. The molecule has 0 spiro atoms. The first-order valence-corrected chi connectivity index (χ1v) is 3.97. The number of benzene rings is 1. The first kappa shape index (κ1) is 8.43. The average Bonchev–Trinajstić information content (AvgIpc) is 2.17. The summed E-state index contributed by atoms with van der Waals surface area (Å²) >= 11 is 0. The highest BCUT2D eigenvalue weighted by molar-refractivity contribution is 5.91. The Morgan fingerprint density at radius 1 is 1.36 bits per heavy atom. The highest BCUT2D eigenvalue weighted by atomic mass is 16.6. The Hall–Kier alpha value is -2.17. The Balaban J connectivity index is 2.73. The lowest BCUT2D eigenvalue weighted by atomic mass is 10.2. The lowest BCUT2D eigenvalue weighted by Crippen LogP contribution is -1.91.